The highest BCUT2D eigenvalue weighted by Gasteiger charge is 2.30. The number of halogens is 4. The summed E-state index contributed by atoms with van der Waals surface area (Å²) >= 11 is 5.95. The van der Waals surface area contributed by atoms with Gasteiger partial charge in [-0.1, -0.05) is 29.8 Å². The number of rotatable bonds is 4. The Balaban J connectivity index is 1.78. The van der Waals surface area contributed by atoms with E-state index in [0.717, 1.165) is 17.7 Å². The Bertz CT molecular complexity index is 1280. The minimum absolute atomic E-state index is 0.0558. The lowest BCUT2D eigenvalue weighted by Crippen LogP contribution is -2.13. The van der Waals surface area contributed by atoms with Gasteiger partial charge >= 0.3 is 6.18 Å². The van der Waals surface area contributed by atoms with Crippen LogP contribution in [-0.2, 0) is 19.1 Å². The second-order valence-corrected chi connectivity index (χ2v) is 7.18. The average molecular weight is 433 g/mol. The van der Waals surface area contributed by atoms with Crippen LogP contribution in [0, 0.1) is 0 Å². The first-order valence-corrected chi connectivity index (χ1v) is 9.55. The van der Waals surface area contributed by atoms with E-state index in [0.29, 0.717) is 28.6 Å². The molecule has 2 aromatic carbocycles. The summed E-state index contributed by atoms with van der Waals surface area (Å²) in [5.74, 6) is 0.836. The second kappa shape index (κ2) is 7.60. The summed E-state index contributed by atoms with van der Waals surface area (Å²) in [6, 6.07) is 12.0. The summed E-state index contributed by atoms with van der Waals surface area (Å²) in [4.78, 5) is 24.2. The van der Waals surface area contributed by atoms with Crippen LogP contribution < -0.4 is 5.56 Å². The predicted octanol–water partition coefficient (Wildman–Crippen LogP) is 5.07. The van der Waals surface area contributed by atoms with E-state index in [1.54, 1.807) is 34.9 Å². The number of hydrogen-bond donors (Lipinski definition) is 1. The Kier molecular flexibility index (Phi) is 5.11. The van der Waals surface area contributed by atoms with Gasteiger partial charge in [0.25, 0.3) is 5.56 Å². The maximum atomic E-state index is 13.0. The molecule has 0 fully saturated rings. The Morgan fingerprint density at radius 1 is 1.10 bits per heavy atom. The molecule has 4 aromatic rings. The van der Waals surface area contributed by atoms with Crippen LogP contribution in [0.1, 0.15) is 23.9 Å². The lowest BCUT2D eigenvalue weighted by molar-refractivity contribution is -0.137. The van der Waals surface area contributed by atoms with Crippen molar-refractivity contribution < 1.29 is 13.2 Å². The molecule has 30 heavy (non-hydrogen) atoms. The van der Waals surface area contributed by atoms with Crippen molar-refractivity contribution in [3.05, 3.63) is 80.9 Å². The molecule has 1 N–H and O–H groups in total. The molecule has 4 rings (SSSR count). The maximum absolute atomic E-state index is 13.0. The normalized spacial score (nSPS) is 11.9. The summed E-state index contributed by atoms with van der Waals surface area (Å²) in [5, 5.41) is 0.581. The SMILES string of the molecule is CCn1c(-c2ccc(Cl)cc2)nc2c(=O)[nH]c(Cc3cccc(C(F)(F)F)c3)nc21. The number of alkyl halides is 3. The highest BCUT2D eigenvalue weighted by molar-refractivity contribution is 6.30. The van der Waals surface area contributed by atoms with Gasteiger partial charge in [0.05, 0.1) is 5.56 Å². The third kappa shape index (κ3) is 3.82. The van der Waals surface area contributed by atoms with Crippen LogP contribution >= 0.6 is 11.6 Å². The van der Waals surface area contributed by atoms with Gasteiger partial charge in [-0.05, 0) is 42.8 Å². The van der Waals surface area contributed by atoms with Gasteiger partial charge in [-0.2, -0.15) is 13.2 Å². The van der Waals surface area contributed by atoms with Crippen LogP contribution in [0.15, 0.2) is 53.3 Å². The topological polar surface area (TPSA) is 63.6 Å². The molecule has 0 saturated heterocycles. The Hall–Kier alpha value is -3.13. The lowest BCUT2D eigenvalue weighted by Gasteiger charge is -2.09. The summed E-state index contributed by atoms with van der Waals surface area (Å²) in [7, 11) is 0. The van der Waals surface area contributed by atoms with Crippen molar-refractivity contribution in [1.29, 1.82) is 0 Å². The number of H-pyrrole nitrogens is 1. The molecular formula is C21H16ClF3N4O. The lowest BCUT2D eigenvalue weighted by atomic mass is 10.1. The van der Waals surface area contributed by atoms with E-state index in [1.807, 2.05) is 6.92 Å². The molecule has 2 aromatic heterocycles. The van der Waals surface area contributed by atoms with E-state index in [9.17, 15) is 18.0 Å². The Morgan fingerprint density at radius 3 is 2.50 bits per heavy atom. The maximum Gasteiger partial charge on any atom is 0.416 e. The van der Waals surface area contributed by atoms with E-state index in [-0.39, 0.29) is 17.8 Å². The number of imidazole rings is 1. The molecule has 0 radical (unpaired) electrons. The zero-order chi connectivity index (χ0) is 21.5. The number of fused-ring (bicyclic) bond motifs is 1. The van der Waals surface area contributed by atoms with Gasteiger partial charge in [-0.3, -0.25) is 4.79 Å². The first-order valence-electron chi connectivity index (χ1n) is 9.17. The van der Waals surface area contributed by atoms with Crippen LogP contribution in [0.3, 0.4) is 0 Å². The summed E-state index contributed by atoms with van der Waals surface area (Å²) in [5.41, 5.74) is 0.546. The van der Waals surface area contributed by atoms with Crippen molar-refractivity contribution in [1.82, 2.24) is 19.5 Å². The number of aromatic amines is 1. The predicted molar refractivity (Wildman–Crippen MR) is 109 cm³/mol. The van der Waals surface area contributed by atoms with E-state index in [1.165, 1.54) is 6.07 Å². The molecule has 0 unspecified atom stereocenters. The highest BCUT2D eigenvalue weighted by atomic mass is 35.5. The summed E-state index contributed by atoms with van der Waals surface area (Å²) in [6.07, 6.45) is -4.38. The molecule has 0 aliphatic rings. The number of nitrogens with zero attached hydrogens (tertiary/aromatic N) is 3. The molecule has 0 aliphatic heterocycles. The quantitative estimate of drug-likeness (QED) is 0.489. The van der Waals surface area contributed by atoms with Gasteiger partial charge < -0.3 is 9.55 Å². The van der Waals surface area contributed by atoms with E-state index >= 15 is 0 Å². The smallest absolute Gasteiger partial charge is 0.309 e. The molecule has 0 aliphatic carbocycles. The van der Waals surface area contributed by atoms with E-state index < -0.39 is 17.3 Å². The van der Waals surface area contributed by atoms with Crippen molar-refractivity contribution in [2.24, 2.45) is 0 Å². The van der Waals surface area contributed by atoms with Gasteiger partial charge in [-0.25, -0.2) is 9.97 Å². The number of nitrogens with one attached hydrogen (secondary N) is 1. The fourth-order valence-electron chi connectivity index (χ4n) is 3.31. The fourth-order valence-corrected chi connectivity index (χ4v) is 3.44. The van der Waals surface area contributed by atoms with Gasteiger partial charge in [0.15, 0.2) is 11.2 Å². The number of aryl methyl sites for hydroxylation is 1. The van der Waals surface area contributed by atoms with Crippen molar-refractivity contribution in [3.63, 3.8) is 0 Å². The first-order chi connectivity index (χ1) is 14.3. The molecule has 5 nitrogen and oxygen atoms in total. The van der Waals surface area contributed by atoms with Gasteiger partial charge in [0, 0.05) is 23.6 Å². The molecule has 0 saturated carbocycles. The minimum Gasteiger partial charge on any atom is -0.309 e. The van der Waals surface area contributed by atoms with Crippen molar-refractivity contribution in [2.75, 3.05) is 0 Å². The van der Waals surface area contributed by atoms with Gasteiger partial charge in [0.1, 0.15) is 11.6 Å². The highest BCUT2D eigenvalue weighted by Crippen LogP contribution is 2.30. The summed E-state index contributed by atoms with van der Waals surface area (Å²) < 4.78 is 40.7. The number of aromatic nitrogens is 4. The van der Waals surface area contributed by atoms with Crippen LogP contribution in [0.25, 0.3) is 22.6 Å². The van der Waals surface area contributed by atoms with Crippen LogP contribution in [0.4, 0.5) is 13.2 Å². The number of hydrogen-bond acceptors (Lipinski definition) is 3. The average Bonchev–Trinajstić information content (AvgIpc) is 3.07. The molecule has 0 amide bonds. The Labute approximate surface area is 174 Å². The molecule has 2 heterocycles. The van der Waals surface area contributed by atoms with Crippen LogP contribution in [0.2, 0.25) is 5.02 Å². The number of benzene rings is 2. The van der Waals surface area contributed by atoms with Gasteiger partial charge in [0.2, 0.25) is 0 Å². The molecule has 0 bridgehead atoms. The summed E-state index contributed by atoms with van der Waals surface area (Å²) in [6.45, 7) is 2.41. The van der Waals surface area contributed by atoms with Crippen LogP contribution in [0.5, 0.6) is 0 Å². The van der Waals surface area contributed by atoms with Gasteiger partial charge in [-0.15, -0.1) is 0 Å². The third-order valence-corrected chi connectivity index (χ3v) is 4.95. The monoisotopic (exact) mass is 432 g/mol. The molecule has 9 heteroatoms. The second-order valence-electron chi connectivity index (χ2n) is 6.75. The fraction of sp³-hybridized carbons (Fsp3) is 0.190. The standard InChI is InChI=1S/C21H16ClF3N4O/c1-2-29-18(13-6-8-15(22)9-7-13)28-17-19(29)26-16(27-20(17)30)11-12-4-3-5-14(10-12)21(23,24)25/h3-10H,2,11H2,1H3,(H,26,27,30). The largest absolute Gasteiger partial charge is 0.416 e. The Morgan fingerprint density at radius 2 is 1.83 bits per heavy atom. The zero-order valence-electron chi connectivity index (χ0n) is 15.8. The van der Waals surface area contributed by atoms with E-state index in [2.05, 4.69) is 15.0 Å². The molecule has 0 atom stereocenters. The third-order valence-electron chi connectivity index (χ3n) is 4.70. The zero-order valence-corrected chi connectivity index (χ0v) is 16.6. The first kappa shape index (κ1) is 20.2. The molecule has 0 spiro atoms. The minimum atomic E-state index is -4.44. The van der Waals surface area contributed by atoms with Crippen molar-refractivity contribution >= 4 is 22.8 Å². The molecule has 154 valence electrons. The van der Waals surface area contributed by atoms with Crippen molar-refractivity contribution in [3.8, 4) is 11.4 Å². The van der Waals surface area contributed by atoms with Crippen LogP contribution in [-0.4, -0.2) is 19.5 Å². The van der Waals surface area contributed by atoms with Crippen molar-refractivity contribution in [2.45, 2.75) is 26.1 Å². The molecular weight excluding hydrogens is 417 g/mol. The van der Waals surface area contributed by atoms with E-state index in [4.69, 9.17) is 11.6 Å².